The van der Waals surface area contributed by atoms with Gasteiger partial charge < -0.3 is 18.5 Å². The molecule has 0 saturated carbocycles. The zero-order valence-electron chi connectivity index (χ0n) is 26.0. The van der Waals surface area contributed by atoms with Gasteiger partial charge in [-0.05, 0) is 70.7 Å². The van der Waals surface area contributed by atoms with Crippen LogP contribution in [0.4, 0.5) is 0 Å². The van der Waals surface area contributed by atoms with Crippen molar-refractivity contribution < 1.29 is 37.2 Å². The molecule has 2 rings (SSSR count). The number of carbonyl (C=O) groups excluding carboxylic acids is 2. The molecule has 0 aliphatic heterocycles. The van der Waals surface area contributed by atoms with Crippen molar-refractivity contribution in [3.05, 3.63) is 47.5 Å². The highest BCUT2D eigenvalue weighted by atomic mass is 31.2. The molecule has 2 aromatic carbocycles. The van der Waals surface area contributed by atoms with E-state index < -0.39 is 39.1 Å². The Bertz CT molecular complexity index is 1250. The minimum Gasteiger partial charge on any atom is -0.465 e. The summed E-state index contributed by atoms with van der Waals surface area (Å²) < 4.78 is 49.8. The number of benzene rings is 2. The van der Waals surface area contributed by atoms with Crippen molar-refractivity contribution in [2.75, 3.05) is 26.5 Å². The molecule has 12 heteroatoms. The van der Waals surface area contributed by atoms with Gasteiger partial charge in [0.15, 0.2) is 0 Å². The van der Waals surface area contributed by atoms with E-state index in [4.69, 9.17) is 18.5 Å². The van der Waals surface area contributed by atoms with E-state index in [1.807, 2.05) is 43.3 Å². The molecule has 0 heterocycles. The number of hydrogen-bond donors (Lipinski definition) is 2. The molecule has 42 heavy (non-hydrogen) atoms. The van der Waals surface area contributed by atoms with Gasteiger partial charge in [0.05, 0.1) is 18.8 Å². The Balaban J connectivity index is 2.65. The van der Waals surface area contributed by atoms with Gasteiger partial charge in [-0.25, -0.2) is 10.2 Å². The van der Waals surface area contributed by atoms with Gasteiger partial charge in [-0.15, -0.1) is 0 Å². The fourth-order valence-electron chi connectivity index (χ4n) is 4.37. The molecule has 0 saturated heterocycles. The minimum atomic E-state index is -3.63. The van der Waals surface area contributed by atoms with Crippen LogP contribution in [0.1, 0.15) is 65.0 Å². The Morgan fingerprint density at radius 1 is 0.810 bits per heavy atom. The number of carbonyl (C=O) groups is 2. The first-order valence-electron chi connectivity index (χ1n) is 14.4. The maximum atomic E-state index is 13.7. The fraction of sp³-hybridized carbons (Fsp3) is 0.533. The molecule has 0 aliphatic carbocycles. The second-order valence-corrected chi connectivity index (χ2v) is 14.6. The van der Waals surface area contributed by atoms with Crippen LogP contribution in [0.2, 0.25) is 0 Å². The zero-order valence-corrected chi connectivity index (χ0v) is 27.8. The number of hydrogen-bond acceptors (Lipinski definition) is 8. The summed E-state index contributed by atoms with van der Waals surface area (Å²) in [5.74, 6) is -0.601. The average Bonchev–Trinajstić information content (AvgIpc) is 2.88. The first-order valence-corrected chi connectivity index (χ1v) is 18.5. The first kappa shape index (κ1) is 35.6. The van der Waals surface area contributed by atoms with E-state index in [1.54, 1.807) is 27.7 Å². The Labute approximate surface area is 250 Å². The Morgan fingerprint density at radius 2 is 1.31 bits per heavy atom. The van der Waals surface area contributed by atoms with Crippen LogP contribution >= 0.6 is 15.0 Å². The molecule has 10 nitrogen and oxygen atoms in total. The second kappa shape index (κ2) is 16.3. The predicted molar refractivity (Wildman–Crippen MR) is 167 cm³/mol. The number of nitrogens with one attached hydrogen (secondary N) is 2. The number of rotatable bonds is 17. The molecule has 0 aliphatic rings. The van der Waals surface area contributed by atoms with Crippen molar-refractivity contribution in [1.82, 2.24) is 10.2 Å². The molecular weight excluding hydrogens is 578 g/mol. The van der Waals surface area contributed by atoms with E-state index in [0.29, 0.717) is 17.5 Å². The van der Waals surface area contributed by atoms with E-state index in [2.05, 4.69) is 17.1 Å². The molecule has 4 atom stereocenters. The summed E-state index contributed by atoms with van der Waals surface area (Å²) >= 11 is 0. The quantitative estimate of drug-likeness (QED) is 0.109. The first-order chi connectivity index (χ1) is 19.7. The minimum absolute atomic E-state index is 0.192. The third-order valence-corrected chi connectivity index (χ3v) is 8.99. The van der Waals surface area contributed by atoms with Crippen LogP contribution in [0.3, 0.4) is 0 Å². The summed E-state index contributed by atoms with van der Waals surface area (Å²) in [6.07, 6.45) is 3.59. The highest BCUT2D eigenvalue weighted by Crippen LogP contribution is 2.51. The van der Waals surface area contributed by atoms with Crippen LogP contribution in [-0.4, -0.2) is 50.6 Å². The number of esters is 2. The van der Waals surface area contributed by atoms with Gasteiger partial charge in [0.1, 0.15) is 23.6 Å². The normalized spacial score (nSPS) is 15.5. The van der Waals surface area contributed by atoms with Gasteiger partial charge in [0, 0.05) is 13.3 Å². The third-order valence-electron chi connectivity index (χ3n) is 6.18. The molecular formula is C30H46N2O8P2. The molecule has 0 spiro atoms. The SMILES string of the molecule is CCCCCc1cc(OP(C)(=O)N[C@@H](C)C(=O)OCC)c(-c2cccc(C)c2)c(OP(C)(=O)N[C@@H](C)C(=O)OCC)c1. The van der Waals surface area contributed by atoms with Crippen molar-refractivity contribution in [3.63, 3.8) is 0 Å². The summed E-state index contributed by atoms with van der Waals surface area (Å²) in [5, 5.41) is 5.54. The molecule has 0 fully saturated rings. The molecule has 2 N–H and O–H groups in total. The van der Waals surface area contributed by atoms with Crippen LogP contribution < -0.4 is 19.2 Å². The standard InChI is InChI=1S/C30H46N2O8P2/c1-9-12-13-16-24-19-26(39-41(7,35)31-22(5)29(33)37-10-2)28(25-17-14-15-21(4)18-25)27(20-24)40-42(8,36)32-23(6)30(34)38-11-3/h14-15,17-20,22-23H,9-13,16H2,1-8H3,(H,31,35)(H,32,36)/t22-,23-,41?,42?/m0/s1. The van der Waals surface area contributed by atoms with E-state index in [9.17, 15) is 18.7 Å². The lowest BCUT2D eigenvalue weighted by atomic mass is 9.98. The fourth-order valence-corrected chi connectivity index (χ4v) is 7.13. The second-order valence-electron chi connectivity index (χ2n) is 10.4. The summed E-state index contributed by atoms with van der Waals surface area (Å²) in [5.41, 5.74) is 2.93. The van der Waals surface area contributed by atoms with Gasteiger partial charge in [-0.1, -0.05) is 49.6 Å². The third kappa shape index (κ3) is 11.2. The van der Waals surface area contributed by atoms with Crippen molar-refractivity contribution >= 4 is 27.0 Å². The van der Waals surface area contributed by atoms with Crippen LogP contribution in [0.5, 0.6) is 11.5 Å². The van der Waals surface area contributed by atoms with Crippen LogP contribution in [0.15, 0.2) is 36.4 Å². The Hall–Kier alpha value is -2.64. The van der Waals surface area contributed by atoms with Crippen LogP contribution in [0, 0.1) is 6.92 Å². The summed E-state index contributed by atoms with van der Waals surface area (Å²) in [4.78, 5) is 24.5. The largest absolute Gasteiger partial charge is 0.465 e. The number of ether oxygens (including phenoxy) is 2. The number of unbranched alkanes of at least 4 members (excludes halogenated alkanes) is 2. The Kier molecular flexibility index (Phi) is 13.8. The molecule has 0 amide bonds. The van der Waals surface area contributed by atoms with Crippen molar-refractivity contribution in [2.24, 2.45) is 0 Å². The van der Waals surface area contributed by atoms with Crippen molar-refractivity contribution in [3.8, 4) is 22.6 Å². The molecule has 2 aromatic rings. The summed E-state index contributed by atoms with van der Waals surface area (Å²) in [6.45, 7) is 13.7. The molecule has 2 unspecified atom stereocenters. The zero-order chi connectivity index (χ0) is 31.5. The van der Waals surface area contributed by atoms with Gasteiger partial charge in [-0.2, -0.15) is 0 Å². The monoisotopic (exact) mass is 624 g/mol. The van der Waals surface area contributed by atoms with Gasteiger partial charge in [-0.3, -0.25) is 18.7 Å². The lowest BCUT2D eigenvalue weighted by Crippen LogP contribution is -2.34. The smallest absolute Gasteiger partial charge is 0.323 e. The maximum Gasteiger partial charge on any atom is 0.323 e. The van der Waals surface area contributed by atoms with Crippen LogP contribution in [0.25, 0.3) is 11.1 Å². The molecule has 0 bridgehead atoms. The molecule has 0 aromatic heterocycles. The van der Waals surface area contributed by atoms with Crippen molar-refractivity contribution in [2.45, 2.75) is 79.3 Å². The lowest BCUT2D eigenvalue weighted by Gasteiger charge is -2.26. The molecule has 234 valence electrons. The Morgan fingerprint density at radius 3 is 1.74 bits per heavy atom. The van der Waals surface area contributed by atoms with Crippen LogP contribution in [-0.2, 0) is 34.6 Å². The predicted octanol–water partition coefficient (Wildman–Crippen LogP) is 6.88. The molecule has 0 radical (unpaired) electrons. The van der Waals surface area contributed by atoms with E-state index >= 15 is 0 Å². The average molecular weight is 625 g/mol. The summed E-state index contributed by atoms with van der Waals surface area (Å²) in [7, 11) is -7.25. The highest BCUT2D eigenvalue weighted by Gasteiger charge is 2.30. The van der Waals surface area contributed by atoms with E-state index in [-0.39, 0.29) is 24.7 Å². The van der Waals surface area contributed by atoms with Gasteiger partial charge in [0.2, 0.25) is 0 Å². The number of aryl methyl sites for hydroxylation is 2. The summed E-state index contributed by atoms with van der Waals surface area (Å²) in [6, 6.07) is 9.42. The maximum absolute atomic E-state index is 13.7. The van der Waals surface area contributed by atoms with Gasteiger partial charge in [0.25, 0.3) is 0 Å². The lowest BCUT2D eigenvalue weighted by molar-refractivity contribution is -0.145. The topological polar surface area (TPSA) is 129 Å². The van der Waals surface area contributed by atoms with Gasteiger partial charge >= 0.3 is 27.0 Å². The highest BCUT2D eigenvalue weighted by molar-refractivity contribution is 7.56. The van der Waals surface area contributed by atoms with Crippen molar-refractivity contribution in [1.29, 1.82) is 0 Å². The van der Waals surface area contributed by atoms with E-state index in [0.717, 1.165) is 30.4 Å². The van der Waals surface area contributed by atoms with E-state index in [1.165, 1.54) is 13.3 Å².